The molecular weight excluding hydrogens is 275 g/mol. The van der Waals surface area contributed by atoms with E-state index in [1.54, 1.807) is 12.1 Å². The first-order valence-corrected chi connectivity index (χ1v) is 7.62. The first-order chi connectivity index (χ1) is 9.66. The summed E-state index contributed by atoms with van der Waals surface area (Å²) in [6.07, 6.45) is -1.81. The van der Waals surface area contributed by atoms with Gasteiger partial charge in [0, 0.05) is 5.54 Å². The van der Waals surface area contributed by atoms with E-state index in [4.69, 9.17) is 5.73 Å². The number of alkyl halides is 3. The molecule has 0 heterocycles. The van der Waals surface area contributed by atoms with Crippen molar-refractivity contribution in [2.75, 3.05) is 0 Å². The third kappa shape index (κ3) is 3.10. The zero-order valence-corrected chi connectivity index (χ0v) is 12.9. The van der Waals surface area contributed by atoms with Gasteiger partial charge in [0.2, 0.25) is 0 Å². The molecule has 0 radical (unpaired) electrons. The van der Waals surface area contributed by atoms with E-state index in [9.17, 15) is 13.2 Å². The van der Waals surface area contributed by atoms with Gasteiger partial charge in [0.15, 0.2) is 0 Å². The molecule has 118 valence electrons. The molecule has 3 atom stereocenters. The van der Waals surface area contributed by atoms with Crippen LogP contribution in [0.4, 0.5) is 13.2 Å². The third-order valence-electron chi connectivity index (χ3n) is 4.86. The van der Waals surface area contributed by atoms with Crippen molar-refractivity contribution in [2.24, 2.45) is 23.5 Å². The minimum Gasteiger partial charge on any atom is -0.321 e. The molecule has 0 bridgehead atoms. The number of halogens is 3. The van der Waals surface area contributed by atoms with Gasteiger partial charge in [-0.2, -0.15) is 13.2 Å². The van der Waals surface area contributed by atoms with Crippen molar-refractivity contribution in [3.8, 4) is 0 Å². The van der Waals surface area contributed by atoms with E-state index >= 15 is 0 Å². The largest absolute Gasteiger partial charge is 0.416 e. The van der Waals surface area contributed by atoms with Gasteiger partial charge in [-0.1, -0.05) is 45.4 Å². The molecule has 1 saturated carbocycles. The van der Waals surface area contributed by atoms with Gasteiger partial charge in [-0.05, 0) is 42.2 Å². The lowest BCUT2D eigenvalue weighted by atomic mass is 9.62. The fourth-order valence-electron chi connectivity index (χ4n) is 3.93. The minimum atomic E-state index is -4.36. The van der Waals surface area contributed by atoms with Gasteiger partial charge in [-0.25, -0.2) is 0 Å². The molecule has 0 amide bonds. The molecule has 0 aromatic heterocycles. The molecule has 2 N–H and O–H groups in total. The van der Waals surface area contributed by atoms with Crippen LogP contribution in [0.5, 0.6) is 0 Å². The van der Waals surface area contributed by atoms with Crippen LogP contribution in [-0.2, 0) is 11.7 Å². The van der Waals surface area contributed by atoms with E-state index in [0.29, 0.717) is 12.3 Å². The van der Waals surface area contributed by atoms with Crippen molar-refractivity contribution in [1.82, 2.24) is 0 Å². The van der Waals surface area contributed by atoms with Crippen LogP contribution in [0.1, 0.15) is 51.2 Å². The van der Waals surface area contributed by atoms with E-state index in [1.165, 1.54) is 6.07 Å². The molecule has 0 saturated heterocycles. The van der Waals surface area contributed by atoms with Gasteiger partial charge >= 0.3 is 6.18 Å². The molecule has 1 aromatic carbocycles. The van der Waals surface area contributed by atoms with Gasteiger partial charge < -0.3 is 5.73 Å². The lowest BCUT2D eigenvalue weighted by molar-refractivity contribution is -0.139. The number of hydrogen-bond donors (Lipinski definition) is 1. The molecule has 1 aliphatic carbocycles. The molecule has 0 spiro atoms. The Kier molecular flexibility index (Phi) is 4.39. The van der Waals surface area contributed by atoms with Gasteiger partial charge in [-0.15, -0.1) is 0 Å². The second kappa shape index (κ2) is 5.64. The number of rotatable bonds is 2. The van der Waals surface area contributed by atoms with Crippen LogP contribution in [0.3, 0.4) is 0 Å². The summed E-state index contributed by atoms with van der Waals surface area (Å²) in [5.41, 5.74) is 5.41. The summed E-state index contributed by atoms with van der Waals surface area (Å²) in [5, 5.41) is 0. The molecule has 1 nitrogen and oxygen atoms in total. The Morgan fingerprint density at radius 1 is 1.19 bits per heavy atom. The Labute approximate surface area is 124 Å². The van der Waals surface area contributed by atoms with Crippen LogP contribution >= 0.6 is 0 Å². The van der Waals surface area contributed by atoms with Crippen molar-refractivity contribution < 1.29 is 13.2 Å². The van der Waals surface area contributed by atoms with Crippen LogP contribution in [0.25, 0.3) is 0 Å². The molecule has 21 heavy (non-hydrogen) atoms. The molecule has 1 aliphatic rings. The molecule has 1 aromatic rings. The smallest absolute Gasteiger partial charge is 0.321 e. The summed E-state index contributed by atoms with van der Waals surface area (Å²) in [6, 6.07) is 5.82. The summed E-state index contributed by atoms with van der Waals surface area (Å²) >= 11 is 0. The fourth-order valence-corrected chi connectivity index (χ4v) is 3.93. The number of benzene rings is 1. The predicted octanol–water partition coefficient (Wildman–Crippen LogP) is 4.95. The van der Waals surface area contributed by atoms with Gasteiger partial charge in [-0.3, -0.25) is 0 Å². The molecule has 3 unspecified atom stereocenters. The first kappa shape index (κ1) is 16.3. The maximum Gasteiger partial charge on any atom is 0.416 e. The Hall–Kier alpha value is -1.03. The Morgan fingerprint density at radius 2 is 1.81 bits per heavy atom. The summed E-state index contributed by atoms with van der Waals surface area (Å²) in [7, 11) is 0. The van der Waals surface area contributed by atoms with E-state index < -0.39 is 17.3 Å². The maximum absolute atomic E-state index is 13.3. The van der Waals surface area contributed by atoms with Crippen LogP contribution in [0, 0.1) is 17.8 Å². The predicted molar refractivity (Wildman–Crippen MR) is 78.7 cm³/mol. The van der Waals surface area contributed by atoms with E-state index in [0.717, 1.165) is 18.9 Å². The maximum atomic E-state index is 13.3. The molecule has 4 heteroatoms. The fraction of sp³-hybridized carbons (Fsp3) is 0.647. The Bertz CT molecular complexity index is 495. The zero-order chi connectivity index (χ0) is 15.8. The minimum absolute atomic E-state index is 0.0807. The van der Waals surface area contributed by atoms with Gasteiger partial charge in [0.1, 0.15) is 0 Å². The Balaban J connectivity index is 2.55. The Morgan fingerprint density at radius 3 is 2.38 bits per heavy atom. The lowest BCUT2D eigenvalue weighted by Crippen LogP contribution is -2.51. The monoisotopic (exact) mass is 299 g/mol. The standard InChI is InChI=1S/C17H24F3N/c1-11(2)13-9-8-12(3)10-16(13,21)14-6-4-5-7-15(14)17(18,19)20/h4-7,11-13H,8-10,21H2,1-3H3. The molecule has 0 aliphatic heterocycles. The molecular formula is C17H24F3N. The molecule has 2 rings (SSSR count). The SMILES string of the molecule is CC1CCC(C(C)C)C(N)(c2ccccc2C(F)(F)F)C1. The van der Waals surface area contributed by atoms with Gasteiger partial charge in [0.25, 0.3) is 0 Å². The quantitative estimate of drug-likeness (QED) is 0.821. The second-order valence-corrected chi connectivity index (χ2v) is 6.82. The summed E-state index contributed by atoms with van der Waals surface area (Å²) in [5.74, 6) is 0.701. The van der Waals surface area contributed by atoms with Crippen molar-refractivity contribution in [3.05, 3.63) is 35.4 Å². The normalized spacial score (nSPS) is 30.7. The summed E-state index contributed by atoms with van der Waals surface area (Å²) < 4.78 is 40.0. The topological polar surface area (TPSA) is 26.0 Å². The average Bonchev–Trinajstić information content (AvgIpc) is 2.37. The van der Waals surface area contributed by atoms with Crippen LogP contribution in [-0.4, -0.2) is 0 Å². The van der Waals surface area contributed by atoms with E-state index in [-0.39, 0.29) is 17.4 Å². The van der Waals surface area contributed by atoms with Crippen LogP contribution in [0.15, 0.2) is 24.3 Å². The number of nitrogens with two attached hydrogens (primary N) is 1. The highest BCUT2D eigenvalue weighted by Gasteiger charge is 2.46. The first-order valence-electron chi connectivity index (χ1n) is 7.62. The summed E-state index contributed by atoms with van der Waals surface area (Å²) in [6.45, 7) is 6.19. The zero-order valence-electron chi connectivity index (χ0n) is 12.9. The van der Waals surface area contributed by atoms with Crippen molar-refractivity contribution in [2.45, 2.75) is 51.7 Å². The van der Waals surface area contributed by atoms with Crippen molar-refractivity contribution >= 4 is 0 Å². The highest BCUT2D eigenvalue weighted by molar-refractivity contribution is 5.37. The van der Waals surface area contributed by atoms with Crippen LogP contribution in [0.2, 0.25) is 0 Å². The lowest BCUT2D eigenvalue weighted by Gasteiger charge is -2.47. The third-order valence-corrected chi connectivity index (χ3v) is 4.86. The van der Waals surface area contributed by atoms with Crippen LogP contribution < -0.4 is 5.73 Å². The average molecular weight is 299 g/mol. The van der Waals surface area contributed by atoms with Crippen molar-refractivity contribution in [1.29, 1.82) is 0 Å². The van der Waals surface area contributed by atoms with Gasteiger partial charge in [0.05, 0.1) is 5.56 Å². The van der Waals surface area contributed by atoms with E-state index in [2.05, 4.69) is 20.8 Å². The molecule has 1 fully saturated rings. The highest BCUT2D eigenvalue weighted by atomic mass is 19.4. The number of hydrogen-bond acceptors (Lipinski definition) is 1. The second-order valence-electron chi connectivity index (χ2n) is 6.82. The van der Waals surface area contributed by atoms with E-state index in [1.807, 2.05) is 0 Å². The van der Waals surface area contributed by atoms with Crippen molar-refractivity contribution in [3.63, 3.8) is 0 Å². The highest BCUT2D eigenvalue weighted by Crippen LogP contribution is 2.48. The summed E-state index contributed by atoms with van der Waals surface area (Å²) in [4.78, 5) is 0.